The Morgan fingerprint density at radius 2 is 2.00 bits per heavy atom. The van der Waals surface area contributed by atoms with E-state index >= 15 is 0 Å². The summed E-state index contributed by atoms with van der Waals surface area (Å²) in [4.78, 5) is 11.1. The van der Waals surface area contributed by atoms with Crippen LogP contribution in [0.2, 0.25) is 0 Å². The maximum absolute atomic E-state index is 11.1. The van der Waals surface area contributed by atoms with Crippen LogP contribution in [0.25, 0.3) is 0 Å². The summed E-state index contributed by atoms with van der Waals surface area (Å²) in [7, 11) is 0. The number of nitrogens with two attached hydrogens (primary N) is 1. The summed E-state index contributed by atoms with van der Waals surface area (Å²) >= 11 is 0. The molecule has 0 saturated heterocycles. The highest BCUT2D eigenvalue weighted by Gasteiger charge is 2.13. The highest BCUT2D eigenvalue weighted by Crippen LogP contribution is 2.08. The Morgan fingerprint density at radius 1 is 1.38 bits per heavy atom. The maximum atomic E-state index is 11.1. The molecule has 0 amide bonds. The zero-order valence-electron chi connectivity index (χ0n) is 8.88. The molecule has 0 aromatic heterocycles. The maximum Gasteiger partial charge on any atom is 0.322 e. The van der Waals surface area contributed by atoms with Gasteiger partial charge >= 0.3 is 5.97 Å². The third-order valence-corrected chi connectivity index (χ3v) is 1.89. The zero-order chi connectivity index (χ0) is 10.3. The summed E-state index contributed by atoms with van der Waals surface area (Å²) in [5, 5.41) is 0. The first-order chi connectivity index (χ1) is 6.07. The molecule has 0 aliphatic carbocycles. The molecule has 0 aromatic rings. The molecule has 0 aliphatic rings. The lowest BCUT2D eigenvalue weighted by Crippen LogP contribution is -2.32. The van der Waals surface area contributed by atoms with Gasteiger partial charge in [-0.05, 0) is 19.3 Å². The molecule has 0 fully saturated rings. The molecule has 0 heterocycles. The summed E-state index contributed by atoms with van der Waals surface area (Å²) in [5.41, 5.74) is 5.61. The molecule has 0 saturated carbocycles. The Bertz CT molecular complexity index is 146. The molecule has 0 bridgehead atoms. The molecule has 1 unspecified atom stereocenters. The van der Waals surface area contributed by atoms with E-state index in [1.165, 1.54) is 0 Å². The van der Waals surface area contributed by atoms with Gasteiger partial charge in [0.25, 0.3) is 0 Å². The SMILES string of the molecule is CCOC(=O)C(N)CCCC(C)C. The smallest absolute Gasteiger partial charge is 0.322 e. The van der Waals surface area contributed by atoms with Crippen LogP contribution in [0.15, 0.2) is 0 Å². The molecule has 3 nitrogen and oxygen atoms in total. The molecule has 0 aromatic carbocycles. The average Bonchev–Trinajstić information content (AvgIpc) is 2.04. The molecular formula is C10H21NO2. The second-order valence-corrected chi connectivity index (χ2v) is 3.68. The van der Waals surface area contributed by atoms with Crippen LogP contribution in [-0.4, -0.2) is 18.6 Å². The molecule has 0 rings (SSSR count). The standard InChI is InChI=1S/C10H21NO2/c1-4-13-10(12)9(11)7-5-6-8(2)3/h8-9H,4-7,11H2,1-3H3. The van der Waals surface area contributed by atoms with Gasteiger partial charge in [-0.1, -0.05) is 26.7 Å². The van der Waals surface area contributed by atoms with Crippen LogP contribution in [0.4, 0.5) is 0 Å². The minimum atomic E-state index is -0.432. The normalized spacial score (nSPS) is 13.0. The van der Waals surface area contributed by atoms with Gasteiger partial charge in [-0.25, -0.2) is 0 Å². The Kier molecular flexibility index (Phi) is 6.59. The molecule has 3 heteroatoms. The van der Waals surface area contributed by atoms with Gasteiger partial charge in [0.2, 0.25) is 0 Å². The predicted molar refractivity (Wildman–Crippen MR) is 53.3 cm³/mol. The van der Waals surface area contributed by atoms with Gasteiger partial charge in [0.05, 0.1) is 6.61 Å². The first-order valence-corrected chi connectivity index (χ1v) is 5.00. The van der Waals surface area contributed by atoms with Crippen LogP contribution in [-0.2, 0) is 9.53 Å². The van der Waals surface area contributed by atoms with Gasteiger partial charge in [0.15, 0.2) is 0 Å². The topological polar surface area (TPSA) is 52.3 Å². The van der Waals surface area contributed by atoms with Gasteiger partial charge < -0.3 is 10.5 Å². The van der Waals surface area contributed by atoms with E-state index in [1.54, 1.807) is 6.92 Å². The van der Waals surface area contributed by atoms with Gasteiger partial charge in [-0.2, -0.15) is 0 Å². The number of hydrogen-bond donors (Lipinski definition) is 1. The van der Waals surface area contributed by atoms with Crippen molar-refractivity contribution in [3.8, 4) is 0 Å². The number of ether oxygens (including phenoxy) is 1. The summed E-state index contributed by atoms with van der Waals surface area (Å²) in [5.74, 6) is 0.403. The first-order valence-electron chi connectivity index (χ1n) is 5.00. The summed E-state index contributed by atoms with van der Waals surface area (Å²) in [6, 6.07) is -0.432. The van der Waals surface area contributed by atoms with Crippen LogP contribution in [0, 0.1) is 5.92 Å². The van der Waals surface area contributed by atoms with E-state index in [0.29, 0.717) is 12.5 Å². The third-order valence-electron chi connectivity index (χ3n) is 1.89. The molecule has 1 atom stereocenters. The van der Waals surface area contributed by atoms with Crippen molar-refractivity contribution in [2.45, 2.75) is 46.1 Å². The van der Waals surface area contributed by atoms with Crippen molar-refractivity contribution in [1.29, 1.82) is 0 Å². The van der Waals surface area contributed by atoms with Crippen LogP contribution in [0.5, 0.6) is 0 Å². The second-order valence-electron chi connectivity index (χ2n) is 3.68. The minimum Gasteiger partial charge on any atom is -0.465 e. The quantitative estimate of drug-likeness (QED) is 0.644. The minimum absolute atomic E-state index is 0.272. The van der Waals surface area contributed by atoms with Crippen molar-refractivity contribution >= 4 is 5.97 Å². The third kappa shape index (κ3) is 6.58. The number of rotatable bonds is 6. The van der Waals surface area contributed by atoms with E-state index in [9.17, 15) is 4.79 Å². The molecule has 13 heavy (non-hydrogen) atoms. The Morgan fingerprint density at radius 3 is 2.46 bits per heavy atom. The van der Waals surface area contributed by atoms with Gasteiger partial charge in [0, 0.05) is 0 Å². The fraction of sp³-hybridized carbons (Fsp3) is 0.900. The Hall–Kier alpha value is -0.570. The van der Waals surface area contributed by atoms with E-state index in [4.69, 9.17) is 10.5 Å². The van der Waals surface area contributed by atoms with Crippen LogP contribution >= 0.6 is 0 Å². The molecular weight excluding hydrogens is 166 g/mol. The second kappa shape index (κ2) is 6.89. The zero-order valence-corrected chi connectivity index (χ0v) is 8.88. The van der Waals surface area contributed by atoms with E-state index in [0.717, 1.165) is 19.3 Å². The van der Waals surface area contributed by atoms with Crippen LogP contribution in [0.3, 0.4) is 0 Å². The lowest BCUT2D eigenvalue weighted by Gasteiger charge is -2.10. The molecule has 0 spiro atoms. The summed E-state index contributed by atoms with van der Waals surface area (Å²) in [6.07, 6.45) is 2.85. The van der Waals surface area contributed by atoms with Crippen LogP contribution in [0.1, 0.15) is 40.0 Å². The van der Waals surface area contributed by atoms with Crippen molar-refractivity contribution in [2.75, 3.05) is 6.61 Å². The first kappa shape index (κ1) is 12.4. The van der Waals surface area contributed by atoms with E-state index in [1.807, 2.05) is 0 Å². The Balaban J connectivity index is 3.49. The van der Waals surface area contributed by atoms with E-state index in [2.05, 4.69) is 13.8 Å². The fourth-order valence-corrected chi connectivity index (χ4v) is 1.11. The number of carbonyl (C=O) groups is 1. The van der Waals surface area contributed by atoms with E-state index in [-0.39, 0.29) is 5.97 Å². The van der Waals surface area contributed by atoms with Gasteiger partial charge in [-0.15, -0.1) is 0 Å². The lowest BCUT2D eigenvalue weighted by atomic mass is 10.0. The molecule has 0 aliphatic heterocycles. The number of esters is 1. The van der Waals surface area contributed by atoms with E-state index < -0.39 is 6.04 Å². The molecule has 78 valence electrons. The van der Waals surface area contributed by atoms with Crippen LogP contribution < -0.4 is 5.73 Å². The predicted octanol–water partition coefficient (Wildman–Crippen LogP) is 1.70. The van der Waals surface area contributed by atoms with Crippen molar-refractivity contribution in [3.05, 3.63) is 0 Å². The summed E-state index contributed by atoms with van der Waals surface area (Å²) in [6.45, 7) is 6.53. The van der Waals surface area contributed by atoms with Gasteiger partial charge in [0.1, 0.15) is 6.04 Å². The monoisotopic (exact) mass is 187 g/mol. The summed E-state index contributed by atoms with van der Waals surface area (Å²) < 4.78 is 4.80. The number of hydrogen-bond acceptors (Lipinski definition) is 3. The van der Waals surface area contributed by atoms with Crippen molar-refractivity contribution in [2.24, 2.45) is 11.7 Å². The lowest BCUT2D eigenvalue weighted by molar-refractivity contribution is -0.144. The fourth-order valence-electron chi connectivity index (χ4n) is 1.11. The average molecular weight is 187 g/mol. The number of carbonyl (C=O) groups excluding carboxylic acids is 1. The highest BCUT2D eigenvalue weighted by atomic mass is 16.5. The van der Waals surface area contributed by atoms with Crippen molar-refractivity contribution < 1.29 is 9.53 Å². The van der Waals surface area contributed by atoms with Crippen molar-refractivity contribution in [1.82, 2.24) is 0 Å². The largest absolute Gasteiger partial charge is 0.465 e. The molecule has 0 radical (unpaired) electrons. The molecule has 2 N–H and O–H groups in total. The highest BCUT2D eigenvalue weighted by molar-refractivity contribution is 5.75. The Labute approximate surface area is 80.6 Å². The van der Waals surface area contributed by atoms with Gasteiger partial charge in [-0.3, -0.25) is 4.79 Å². The van der Waals surface area contributed by atoms with Crippen molar-refractivity contribution in [3.63, 3.8) is 0 Å².